The number of hydrogen-bond donors (Lipinski definition) is 2. The predicted octanol–water partition coefficient (Wildman–Crippen LogP) is 2.10. The van der Waals surface area contributed by atoms with Crippen molar-refractivity contribution in [1.82, 2.24) is 5.32 Å². The van der Waals surface area contributed by atoms with E-state index < -0.39 is 5.97 Å². The van der Waals surface area contributed by atoms with Crippen molar-refractivity contribution in [3.63, 3.8) is 0 Å². The van der Waals surface area contributed by atoms with Gasteiger partial charge in [-0.05, 0) is 44.9 Å². The molecule has 2 N–H and O–H groups in total. The van der Waals surface area contributed by atoms with Crippen molar-refractivity contribution in [2.45, 2.75) is 44.9 Å². The van der Waals surface area contributed by atoms with Gasteiger partial charge in [-0.2, -0.15) is 0 Å². The van der Waals surface area contributed by atoms with E-state index in [-0.39, 0.29) is 17.7 Å². The zero-order chi connectivity index (χ0) is 13.0. The van der Waals surface area contributed by atoms with Gasteiger partial charge in [0, 0.05) is 12.5 Å². The summed E-state index contributed by atoms with van der Waals surface area (Å²) in [4.78, 5) is 22.7. The number of hydrogen-bond acceptors (Lipinski definition) is 2. The highest BCUT2D eigenvalue weighted by molar-refractivity contribution is 5.80. The normalized spacial score (nSPS) is 27.0. The molecule has 0 aromatic carbocycles. The summed E-state index contributed by atoms with van der Waals surface area (Å²) >= 11 is 0. The number of amides is 1. The highest BCUT2D eigenvalue weighted by Crippen LogP contribution is 2.31. The van der Waals surface area contributed by atoms with E-state index in [9.17, 15) is 9.59 Å². The molecular weight excluding hydrogens is 230 g/mol. The van der Waals surface area contributed by atoms with Crippen molar-refractivity contribution < 1.29 is 14.7 Å². The summed E-state index contributed by atoms with van der Waals surface area (Å²) in [5, 5.41) is 11.8. The van der Waals surface area contributed by atoms with Gasteiger partial charge < -0.3 is 10.4 Å². The lowest BCUT2D eigenvalue weighted by Gasteiger charge is -2.11. The summed E-state index contributed by atoms with van der Waals surface area (Å²) in [6.45, 7) is 0.693. The Morgan fingerprint density at radius 3 is 2.72 bits per heavy atom. The Hall–Kier alpha value is -1.32. The molecule has 1 fully saturated rings. The van der Waals surface area contributed by atoms with Crippen LogP contribution in [0.1, 0.15) is 44.9 Å². The Balaban J connectivity index is 1.67. The maximum atomic E-state index is 11.9. The number of rotatable bonds is 5. The fourth-order valence-electron chi connectivity index (χ4n) is 2.90. The Morgan fingerprint density at radius 2 is 2.11 bits per heavy atom. The number of carboxylic acids is 1. The maximum absolute atomic E-state index is 11.9. The van der Waals surface area contributed by atoms with Crippen LogP contribution in [0.25, 0.3) is 0 Å². The molecule has 2 aliphatic rings. The molecule has 0 unspecified atom stereocenters. The first-order valence-electron chi connectivity index (χ1n) is 6.85. The molecule has 2 rings (SSSR count). The molecule has 0 radical (unpaired) electrons. The topological polar surface area (TPSA) is 66.4 Å². The van der Waals surface area contributed by atoms with E-state index in [0.717, 1.165) is 6.42 Å². The molecule has 4 heteroatoms. The van der Waals surface area contributed by atoms with Crippen molar-refractivity contribution in [3.05, 3.63) is 11.6 Å². The zero-order valence-corrected chi connectivity index (χ0v) is 10.7. The smallest absolute Gasteiger partial charge is 0.306 e. The molecule has 0 heterocycles. The van der Waals surface area contributed by atoms with Crippen LogP contribution >= 0.6 is 0 Å². The van der Waals surface area contributed by atoms with Gasteiger partial charge in [0.1, 0.15) is 0 Å². The number of carboxylic acid groups (broad SMARTS) is 1. The maximum Gasteiger partial charge on any atom is 0.306 e. The molecular formula is C14H21NO3. The number of aliphatic carboxylic acids is 1. The SMILES string of the molecule is O=C(O)[C@H]1CC[C@@H](C(=O)NCCC2=CCCC2)C1. The highest BCUT2D eigenvalue weighted by Gasteiger charge is 2.33. The van der Waals surface area contributed by atoms with Crippen LogP contribution in [0.4, 0.5) is 0 Å². The quantitative estimate of drug-likeness (QED) is 0.735. The lowest BCUT2D eigenvalue weighted by atomic mass is 10.0. The molecule has 0 bridgehead atoms. The van der Waals surface area contributed by atoms with Gasteiger partial charge in [-0.15, -0.1) is 0 Å². The van der Waals surface area contributed by atoms with Crippen LogP contribution in [0.3, 0.4) is 0 Å². The van der Waals surface area contributed by atoms with Crippen molar-refractivity contribution in [2.24, 2.45) is 11.8 Å². The summed E-state index contributed by atoms with van der Waals surface area (Å²) in [6, 6.07) is 0. The van der Waals surface area contributed by atoms with Gasteiger partial charge in [-0.1, -0.05) is 11.6 Å². The second-order valence-electron chi connectivity index (χ2n) is 5.34. The van der Waals surface area contributed by atoms with Crippen LogP contribution in [0.2, 0.25) is 0 Å². The molecule has 2 atom stereocenters. The first-order chi connectivity index (χ1) is 8.66. The van der Waals surface area contributed by atoms with Crippen molar-refractivity contribution in [3.8, 4) is 0 Å². The van der Waals surface area contributed by atoms with E-state index in [1.807, 2.05) is 0 Å². The Bertz CT molecular complexity index is 362. The lowest BCUT2D eigenvalue weighted by molar-refractivity contribution is -0.141. The van der Waals surface area contributed by atoms with E-state index in [1.165, 1.54) is 24.8 Å². The molecule has 0 saturated heterocycles. The summed E-state index contributed by atoms with van der Waals surface area (Å²) < 4.78 is 0. The number of carbonyl (C=O) groups excluding carboxylic acids is 1. The fourth-order valence-corrected chi connectivity index (χ4v) is 2.90. The first kappa shape index (κ1) is 13.1. The largest absolute Gasteiger partial charge is 0.481 e. The van der Waals surface area contributed by atoms with E-state index in [1.54, 1.807) is 0 Å². The van der Waals surface area contributed by atoms with Crippen LogP contribution in [-0.2, 0) is 9.59 Å². The van der Waals surface area contributed by atoms with E-state index in [2.05, 4.69) is 11.4 Å². The zero-order valence-electron chi connectivity index (χ0n) is 10.7. The third kappa shape index (κ3) is 3.34. The van der Waals surface area contributed by atoms with Crippen LogP contribution in [0.5, 0.6) is 0 Å². The molecule has 0 spiro atoms. The summed E-state index contributed by atoms with van der Waals surface area (Å²) in [5.41, 5.74) is 1.45. The Kier molecular flexibility index (Phi) is 4.39. The molecule has 1 saturated carbocycles. The Labute approximate surface area is 107 Å². The lowest BCUT2D eigenvalue weighted by Crippen LogP contribution is -2.30. The second kappa shape index (κ2) is 6.03. The molecule has 18 heavy (non-hydrogen) atoms. The highest BCUT2D eigenvalue weighted by atomic mass is 16.4. The van der Waals surface area contributed by atoms with Gasteiger partial charge >= 0.3 is 5.97 Å². The fraction of sp³-hybridized carbons (Fsp3) is 0.714. The summed E-state index contributed by atoms with van der Waals surface area (Å²) in [5.74, 6) is -1.14. The molecule has 0 aliphatic heterocycles. The molecule has 0 aromatic heterocycles. The third-order valence-corrected chi connectivity index (χ3v) is 4.03. The van der Waals surface area contributed by atoms with Crippen LogP contribution in [0, 0.1) is 11.8 Å². The monoisotopic (exact) mass is 251 g/mol. The van der Waals surface area contributed by atoms with Gasteiger partial charge in [-0.3, -0.25) is 9.59 Å². The van der Waals surface area contributed by atoms with E-state index in [4.69, 9.17) is 5.11 Å². The average Bonchev–Trinajstić information content (AvgIpc) is 2.99. The Morgan fingerprint density at radius 1 is 1.33 bits per heavy atom. The predicted molar refractivity (Wildman–Crippen MR) is 68.0 cm³/mol. The second-order valence-corrected chi connectivity index (χ2v) is 5.34. The average molecular weight is 251 g/mol. The van der Waals surface area contributed by atoms with Crippen LogP contribution in [-0.4, -0.2) is 23.5 Å². The van der Waals surface area contributed by atoms with Crippen molar-refractivity contribution >= 4 is 11.9 Å². The van der Waals surface area contributed by atoms with Crippen LogP contribution in [0.15, 0.2) is 11.6 Å². The van der Waals surface area contributed by atoms with Gasteiger partial charge in [-0.25, -0.2) is 0 Å². The number of carbonyl (C=O) groups is 2. The van der Waals surface area contributed by atoms with E-state index in [0.29, 0.717) is 25.8 Å². The van der Waals surface area contributed by atoms with Gasteiger partial charge in [0.25, 0.3) is 0 Å². The minimum Gasteiger partial charge on any atom is -0.481 e. The van der Waals surface area contributed by atoms with Crippen molar-refractivity contribution in [2.75, 3.05) is 6.54 Å². The molecule has 0 aromatic rings. The molecule has 100 valence electrons. The molecule has 4 nitrogen and oxygen atoms in total. The third-order valence-electron chi connectivity index (χ3n) is 4.03. The first-order valence-corrected chi connectivity index (χ1v) is 6.85. The van der Waals surface area contributed by atoms with Gasteiger partial charge in [0.2, 0.25) is 5.91 Å². The van der Waals surface area contributed by atoms with Gasteiger partial charge in [0.05, 0.1) is 5.92 Å². The van der Waals surface area contributed by atoms with Gasteiger partial charge in [0.15, 0.2) is 0 Å². The standard InChI is InChI=1S/C14H21NO3/c16-13(11-5-6-12(9-11)14(17)18)15-8-7-10-3-1-2-4-10/h3,11-12H,1-2,4-9H2,(H,15,16)(H,17,18)/t11-,12+/m1/s1. The number of nitrogens with one attached hydrogen (secondary N) is 1. The van der Waals surface area contributed by atoms with Crippen LogP contribution < -0.4 is 5.32 Å². The van der Waals surface area contributed by atoms with Crippen molar-refractivity contribution in [1.29, 1.82) is 0 Å². The minimum absolute atomic E-state index is 0.0392. The number of allylic oxidation sites excluding steroid dienone is 1. The molecule has 2 aliphatic carbocycles. The summed E-state index contributed by atoms with van der Waals surface area (Å²) in [7, 11) is 0. The molecule has 1 amide bonds. The van der Waals surface area contributed by atoms with E-state index >= 15 is 0 Å². The summed E-state index contributed by atoms with van der Waals surface area (Å²) in [6.07, 6.45) is 8.65. The minimum atomic E-state index is -0.763.